The summed E-state index contributed by atoms with van der Waals surface area (Å²) in [6.07, 6.45) is 2.15. The third-order valence-electron chi connectivity index (χ3n) is 4.43. The molecule has 0 unspecified atom stereocenters. The van der Waals surface area contributed by atoms with Gasteiger partial charge in [0.05, 0.1) is 5.37 Å². The molecule has 0 amide bonds. The quantitative estimate of drug-likeness (QED) is 0.667. The smallest absolute Gasteiger partial charge is 0.318 e. The van der Waals surface area contributed by atoms with E-state index < -0.39 is 11.2 Å². The summed E-state index contributed by atoms with van der Waals surface area (Å²) in [5, 5.41) is 13.4. The molecule has 0 aliphatic carbocycles. The Bertz CT molecular complexity index is 923. The van der Waals surface area contributed by atoms with Crippen molar-refractivity contribution in [3.05, 3.63) is 70.3 Å². The van der Waals surface area contributed by atoms with Crippen LogP contribution in [0.3, 0.4) is 0 Å². The fourth-order valence-corrected chi connectivity index (χ4v) is 4.63. The van der Waals surface area contributed by atoms with Gasteiger partial charge in [0.2, 0.25) is 0 Å². The number of nitrogens with one attached hydrogen (secondary N) is 1. The summed E-state index contributed by atoms with van der Waals surface area (Å²) in [7, 11) is 0. The lowest BCUT2D eigenvalue weighted by molar-refractivity contribution is -0.136. The van der Waals surface area contributed by atoms with Gasteiger partial charge in [0.1, 0.15) is 5.25 Å². The number of thioether (sulfide) groups is 1. The zero-order valence-corrected chi connectivity index (χ0v) is 15.8. The summed E-state index contributed by atoms with van der Waals surface area (Å²) in [6.45, 7) is 1.28. The first-order valence-corrected chi connectivity index (χ1v) is 9.79. The molecule has 0 spiro atoms. The van der Waals surface area contributed by atoms with Gasteiger partial charge in [0.15, 0.2) is 0 Å². The molecule has 0 saturated carbocycles. The number of carboxylic acids is 1. The van der Waals surface area contributed by atoms with E-state index in [1.165, 1.54) is 28.2 Å². The van der Waals surface area contributed by atoms with Crippen LogP contribution in [0.2, 0.25) is 0 Å². The lowest BCUT2D eigenvalue weighted by atomic mass is 10.1. The molecule has 2 N–H and O–H groups in total. The van der Waals surface area contributed by atoms with Crippen LogP contribution in [0, 0.1) is 0 Å². The van der Waals surface area contributed by atoms with E-state index in [2.05, 4.69) is 56.3 Å². The normalized spacial score (nSPS) is 20.2. The van der Waals surface area contributed by atoms with Crippen LogP contribution in [-0.2, 0) is 11.3 Å². The third-order valence-corrected chi connectivity index (χ3v) is 6.35. The van der Waals surface area contributed by atoms with Crippen LogP contribution < -0.4 is 5.32 Å². The average molecular weight is 417 g/mol. The zero-order valence-electron chi connectivity index (χ0n) is 13.4. The molecule has 2 aromatic carbocycles. The highest BCUT2D eigenvalue weighted by molar-refractivity contribution is 9.10. The molecule has 1 aliphatic heterocycles. The van der Waals surface area contributed by atoms with E-state index in [4.69, 9.17) is 0 Å². The van der Waals surface area contributed by atoms with Gasteiger partial charge in [-0.2, -0.15) is 0 Å². The highest BCUT2D eigenvalue weighted by Gasteiger charge is 2.32. The molecule has 25 heavy (non-hydrogen) atoms. The highest BCUT2D eigenvalue weighted by atomic mass is 79.9. The summed E-state index contributed by atoms with van der Waals surface area (Å²) in [5.41, 5.74) is 3.55. The first kappa shape index (κ1) is 16.7. The van der Waals surface area contributed by atoms with Gasteiger partial charge in [-0.1, -0.05) is 46.3 Å². The van der Waals surface area contributed by atoms with E-state index in [9.17, 15) is 9.90 Å². The maximum atomic E-state index is 11.2. The minimum absolute atomic E-state index is 0.0113. The second kappa shape index (κ2) is 6.86. The summed E-state index contributed by atoms with van der Waals surface area (Å²) in [5.74, 6) is -0.751. The minimum atomic E-state index is -0.751. The molecule has 3 aromatic rings. The molecule has 1 aliphatic rings. The highest BCUT2D eigenvalue weighted by Crippen LogP contribution is 2.39. The Hall–Kier alpha value is -1.76. The fourth-order valence-electron chi connectivity index (χ4n) is 3.20. The molecule has 6 heteroatoms. The Morgan fingerprint density at radius 3 is 2.72 bits per heavy atom. The number of fused-ring (bicyclic) bond motifs is 1. The standard InChI is InChI=1S/C19H17BrN2O2S/c20-13-7-5-12(6-8-13)10-22-11-15(14-3-1-2-4-16(14)22)18-21-9-17(25-18)19(23)24/h1-8,11,17-18,21H,9-10H2,(H,23,24)/t17-,18-/m0/s1. The molecular weight excluding hydrogens is 400 g/mol. The van der Waals surface area contributed by atoms with Gasteiger partial charge in [-0.15, -0.1) is 11.8 Å². The van der Waals surface area contributed by atoms with Crippen molar-refractivity contribution in [2.45, 2.75) is 17.2 Å². The molecule has 1 saturated heterocycles. The molecule has 2 heterocycles. The first-order chi connectivity index (χ1) is 12.1. The van der Waals surface area contributed by atoms with Gasteiger partial charge in [-0.05, 0) is 23.8 Å². The topological polar surface area (TPSA) is 54.3 Å². The number of carboxylic acid groups (broad SMARTS) is 1. The van der Waals surface area contributed by atoms with Gasteiger partial charge in [0.25, 0.3) is 0 Å². The Kier molecular flexibility index (Phi) is 4.58. The van der Waals surface area contributed by atoms with Gasteiger partial charge < -0.3 is 9.67 Å². The molecule has 0 radical (unpaired) electrons. The van der Waals surface area contributed by atoms with Crippen molar-refractivity contribution in [2.75, 3.05) is 6.54 Å². The zero-order chi connectivity index (χ0) is 17.4. The van der Waals surface area contributed by atoms with Crippen LogP contribution in [0.25, 0.3) is 10.9 Å². The predicted octanol–water partition coefficient (Wildman–Crippen LogP) is 4.24. The van der Waals surface area contributed by atoms with Crippen molar-refractivity contribution in [1.82, 2.24) is 9.88 Å². The monoisotopic (exact) mass is 416 g/mol. The third kappa shape index (κ3) is 3.34. The van der Waals surface area contributed by atoms with Crippen LogP contribution in [0.5, 0.6) is 0 Å². The van der Waals surface area contributed by atoms with E-state index in [1.807, 2.05) is 24.3 Å². The van der Waals surface area contributed by atoms with Gasteiger partial charge in [-0.25, -0.2) is 0 Å². The van der Waals surface area contributed by atoms with Gasteiger partial charge in [0, 0.05) is 40.2 Å². The van der Waals surface area contributed by atoms with Crippen molar-refractivity contribution in [2.24, 2.45) is 0 Å². The number of hydrogen-bond acceptors (Lipinski definition) is 3. The largest absolute Gasteiger partial charge is 0.480 e. The number of carbonyl (C=O) groups is 1. The molecular formula is C19H17BrN2O2S. The number of hydrogen-bond donors (Lipinski definition) is 2. The number of nitrogens with zero attached hydrogens (tertiary/aromatic N) is 1. The number of aliphatic carboxylic acids is 1. The Morgan fingerprint density at radius 1 is 1.24 bits per heavy atom. The number of aromatic nitrogens is 1. The Morgan fingerprint density at radius 2 is 2.00 bits per heavy atom. The Labute approximate surface area is 158 Å². The molecule has 1 fully saturated rings. The minimum Gasteiger partial charge on any atom is -0.480 e. The van der Waals surface area contributed by atoms with Crippen LogP contribution >= 0.6 is 27.7 Å². The number of rotatable bonds is 4. The van der Waals surface area contributed by atoms with Crippen LogP contribution in [0.4, 0.5) is 0 Å². The summed E-state index contributed by atoms with van der Waals surface area (Å²) < 4.78 is 3.31. The predicted molar refractivity (Wildman–Crippen MR) is 105 cm³/mol. The summed E-state index contributed by atoms with van der Waals surface area (Å²) in [6, 6.07) is 16.6. The maximum absolute atomic E-state index is 11.2. The molecule has 0 bridgehead atoms. The number of para-hydroxylation sites is 1. The van der Waals surface area contributed by atoms with E-state index in [-0.39, 0.29) is 5.37 Å². The summed E-state index contributed by atoms with van der Waals surface area (Å²) in [4.78, 5) is 11.2. The van der Waals surface area contributed by atoms with Crippen molar-refractivity contribution in [1.29, 1.82) is 0 Å². The molecule has 4 nitrogen and oxygen atoms in total. The van der Waals surface area contributed by atoms with E-state index >= 15 is 0 Å². The molecule has 2 atom stereocenters. The molecule has 128 valence electrons. The average Bonchev–Trinajstić information content (AvgIpc) is 3.22. The second-order valence-electron chi connectivity index (χ2n) is 6.11. The van der Waals surface area contributed by atoms with Gasteiger partial charge >= 0.3 is 5.97 Å². The molecule has 4 rings (SSSR count). The van der Waals surface area contributed by atoms with E-state index in [0.29, 0.717) is 6.54 Å². The van der Waals surface area contributed by atoms with Crippen LogP contribution in [0.1, 0.15) is 16.5 Å². The van der Waals surface area contributed by atoms with Crippen LogP contribution in [-0.4, -0.2) is 27.4 Å². The van der Waals surface area contributed by atoms with E-state index in [0.717, 1.165) is 16.6 Å². The van der Waals surface area contributed by atoms with Crippen molar-refractivity contribution < 1.29 is 9.90 Å². The fraction of sp³-hybridized carbons (Fsp3) is 0.211. The lowest BCUT2D eigenvalue weighted by Gasteiger charge is -2.08. The SMILES string of the molecule is O=C(O)[C@@H]1CN[C@H](c2cn(Cc3ccc(Br)cc3)c3ccccc23)S1. The van der Waals surface area contributed by atoms with E-state index in [1.54, 1.807) is 0 Å². The van der Waals surface area contributed by atoms with Crippen molar-refractivity contribution >= 4 is 44.6 Å². The van der Waals surface area contributed by atoms with Gasteiger partial charge in [-0.3, -0.25) is 10.1 Å². The maximum Gasteiger partial charge on any atom is 0.318 e. The summed E-state index contributed by atoms with van der Waals surface area (Å²) >= 11 is 4.95. The van der Waals surface area contributed by atoms with Crippen molar-refractivity contribution in [3.8, 4) is 0 Å². The first-order valence-electron chi connectivity index (χ1n) is 8.05. The Balaban J connectivity index is 1.69. The second-order valence-corrected chi connectivity index (χ2v) is 8.34. The van der Waals surface area contributed by atoms with Crippen LogP contribution in [0.15, 0.2) is 59.2 Å². The lowest BCUT2D eigenvalue weighted by Crippen LogP contribution is -2.21. The molecule has 1 aromatic heterocycles. The number of halogens is 1. The van der Waals surface area contributed by atoms with Crippen molar-refractivity contribution in [3.63, 3.8) is 0 Å². The number of benzene rings is 2.